The fraction of sp³-hybridized carbons (Fsp3) is 0.769. The summed E-state index contributed by atoms with van der Waals surface area (Å²) in [4.78, 5) is 28.3. The zero-order chi connectivity index (χ0) is 26.0. The Morgan fingerprint density at radius 1 is 0.794 bits per heavy atom. The third-order valence-electron chi connectivity index (χ3n) is 4.43. The van der Waals surface area contributed by atoms with Gasteiger partial charge in [-0.05, 0) is 67.2 Å². The number of ether oxygens (including phenoxy) is 3. The van der Waals surface area contributed by atoms with Crippen molar-refractivity contribution in [3.8, 4) is 0 Å². The lowest BCUT2D eigenvalue weighted by molar-refractivity contribution is 0.0234. The molecule has 0 saturated heterocycles. The fourth-order valence-electron chi connectivity index (χ4n) is 3.02. The second kappa shape index (κ2) is 17.4. The van der Waals surface area contributed by atoms with Crippen LogP contribution in [0.3, 0.4) is 0 Å². The van der Waals surface area contributed by atoms with Gasteiger partial charge in [-0.3, -0.25) is 4.90 Å². The number of rotatable bonds is 17. The first-order valence-electron chi connectivity index (χ1n) is 12.3. The molecule has 0 bridgehead atoms. The summed E-state index contributed by atoms with van der Waals surface area (Å²) < 4.78 is 16.4. The molecule has 0 fully saturated rings. The quantitative estimate of drug-likeness (QED) is 0.232. The maximum absolute atomic E-state index is 12.6. The summed E-state index contributed by atoms with van der Waals surface area (Å²) in [5.74, 6) is 0. The van der Waals surface area contributed by atoms with Crippen molar-refractivity contribution >= 4 is 12.2 Å². The molecule has 0 spiro atoms. The third kappa shape index (κ3) is 19.4. The standard InChI is InChI=1S/C26H49N3O5/c1-9-16-28(17-10-2)18-14-20-29(24(31)34-26(6,7)8)19-11-12-21-32-22-13-15-27-23(30)33-25(3,4)5/h9-10H,1-2,11-22H2,3-8H3,(H,27,30). The maximum atomic E-state index is 12.6. The molecule has 8 heteroatoms. The Morgan fingerprint density at radius 3 is 1.91 bits per heavy atom. The zero-order valence-electron chi connectivity index (χ0n) is 22.5. The SMILES string of the molecule is C=CCN(CC=C)CCCN(CCCCOCCCNC(=O)OC(C)(C)C)C(=O)OC(C)(C)C. The molecule has 0 atom stereocenters. The van der Waals surface area contributed by atoms with Crippen LogP contribution >= 0.6 is 0 Å². The molecule has 0 aliphatic heterocycles. The van der Waals surface area contributed by atoms with Crippen molar-refractivity contribution in [1.82, 2.24) is 15.1 Å². The summed E-state index contributed by atoms with van der Waals surface area (Å²) in [6, 6.07) is 0. The Bertz CT molecular complexity index is 586. The van der Waals surface area contributed by atoms with Crippen LogP contribution in [0.5, 0.6) is 0 Å². The molecule has 0 heterocycles. The molecule has 198 valence electrons. The molecular weight excluding hydrogens is 434 g/mol. The third-order valence-corrected chi connectivity index (χ3v) is 4.43. The first-order valence-corrected chi connectivity index (χ1v) is 12.3. The van der Waals surface area contributed by atoms with Crippen LogP contribution in [-0.4, -0.2) is 85.7 Å². The van der Waals surface area contributed by atoms with Gasteiger partial charge in [0.2, 0.25) is 0 Å². The number of nitrogens with one attached hydrogen (secondary N) is 1. The average Bonchev–Trinajstić information content (AvgIpc) is 2.68. The highest BCUT2D eigenvalue weighted by molar-refractivity contribution is 5.68. The van der Waals surface area contributed by atoms with Crippen molar-refractivity contribution in [2.45, 2.75) is 78.4 Å². The van der Waals surface area contributed by atoms with Gasteiger partial charge in [0, 0.05) is 52.5 Å². The molecule has 1 N–H and O–H groups in total. The van der Waals surface area contributed by atoms with Gasteiger partial charge in [0.1, 0.15) is 11.2 Å². The van der Waals surface area contributed by atoms with Gasteiger partial charge in [-0.15, -0.1) is 13.2 Å². The van der Waals surface area contributed by atoms with Crippen molar-refractivity contribution in [2.75, 3.05) is 52.5 Å². The molecule has 0 aromatic heterocycles. The monoisotopic (exact) mass is 483 g/mol. The van der Waals surface area contributed by atoms with E-state index in [4.69, 9.17) is 14.2 Å². The largest absolute Gasteiger partial charge is 0.444 e. The Labute approximate surface area is 207 Å². The van der Waals surface area contributed by atoms with Crippen LogP contribution in [0.4, 0.5) is 9.59 Å². The zero-order valence-corrected chi connectivity index (χ0v) is 22.5. The van der Waals surface area contributed by atoms with Gasteiger partial charge in [-0.25, -0.2) is 9.59 Å². The first-order chi connectivity index (χ1) is 15.9. The van der Waals surface area contributed by atoms with Crippen molar-refractivity contribution in [2.24, 2.45) is 0 Å². The first kappa shape index (κ1) is 31.9. The minimum atomic E-state index is -0.524. The Balaban J connectivity index is 4.25. The molecule has 34 heavy (non-hydrogen) atoms. The van der Waals surface area contributed by atoms with E-state index in [9.17, 15) is 9.59 Å². The Morgan fingerprint density at radius 2 is 1.35 bits per heavy atom. The van der Waals surface area contributed by atoms with Crippen molar-refractivity contribution in [1.29, 1.82) is 0 Å². The highest BCUT2D eigenvalue weighted by Crippen LogP contribution is 2.11. The summed E-state index contributed by atoms with van der Waals surface area (Å²) in [6.45, 7) is 24.1. The van der Waals surface area contributed by atoms with E-state index in [1.807, 2.05) is 53.7 Å². The molecule has 2 amide bonds. The highest BCUT2D eigenvalue weighted by atomic mass is 16.6. The van der Waals surface area contributed by atoms with E-state index in [1.165, 1.54) is 0 Å². The van der Waals surface area contributed by atoms with Gasteiger partial charge in [-0.2, -0.15) is 0 Å². The molecule has 0 rings (SSSR count). The number of unbranched alkanes of at least 4 members (excludes halogenated alkanes) is 1. The molecule has 0 aromatic carbocycles. The van der Waals surface area contributed by atoms with E-state index in [0.717, 1.165) is 45.3 Å². The van der Waals surface area contributed by atoms with Crippen LogP contribution in [0.2, 0.25) is 0 Å². The number of amides is 2. The smallest absolute Gasteiger partial charge is 0.410 e. The van der Waals surface area contributed by atoms with Crippen LogP contribution in [-0.2, 0) is 14.2 Å². The molecule has 0 unspecified atom stereocenters. The van der Waals surface area contributed by atoms with Gasteiger partial charge < -0.3 is 24.4 Å². The maximum Gasteiger partial charge on any atom is 0.410 e. The number of nitrogens with zero attached hydrogens (tertiary/aromatic N) is 2. The molecule has 0 aromatic rings. The average molecular weight is 484 g/mol. The Hall–Kier alpha value is -2.06. The highest BCUT2D eigenvalue weighted by Gasteiger charge is 2.22. The van der Waals surface area contributed by atoms with E-state index in [1.54, 1.807) is 4.90 Å². The number of alkyl carbamates (subject to hydrolysis) is 1. The minimum Gasteiger partial charge on any atom is -0.444 e. The fourth-order valence-corrected chi connectivity index (χ4v) is 3.02. The van der Waals surface area contributed by atoms with Crippen LogP contribution in [0.15, 0.2) is 25.3 Å². The minimum absolute atomic E-state index is 0.277. The van der Waals surface area contributed by atoms with E-state index >= 15 is 0 Å². The summed E-state index contributed by atoms with van der Waals surface area (Å²) >= 11 is 0. The number of carbonyl (C=O) groups is 2. The van der Waals surface area contributed by atoms with E-state index in [2.05, 4.69) is 23.4 Å². The normalized spacial score (nSPS) is 11.7. The topological polar surface area (TPSA) is 80.3 Å². The van der Waals surface area contributed by atoms with Gasteiger partial charge >= 0.3 is 12.2 Å². The van der Waals surface area contributed by atoms with E-state index in [-0.39, 0.29) is 6.09 Å². The summed E-state index contributed by atoms with van der Waals surface area (Å²) in [5.41, 5.74) is -1.02. The van der Waals surface area contributed by atoms with Crippen LogP contribution in [0.25, 0.3) is 0 Å². The number of carbonyl (C=O) groups excluding carboxylic acids is 2. The van der Waals surface area contributed by atoms with Gasteiger partial charge in [0.25, 0.3) is 0 Å². The molecule has 0 radical (unpaired) electrons. The van der Waals surface area contributed by atoms with Crippen LogP contribution < -0.4 is 5.32 Å². The molecule has 0 saturated carbocycles. The van der Waals surface area contributed by atoms with Gasteiger partial charge in [-0.1, -0.05) is 12.2 Å². The number of hydrogen-bond donors (Lipinski definition) is 1. The van der Waals surface area contributed by atoms with Gasteiger partial charge in [0.05, 0.1) is 0 Å². The predicted octanol–water partition coefficient (Wildman–Crippen LogP) is 5.00. The van der Waals surface area contributed by atoms with Crippen molar-refractivity contribution in [3.05, 3.63) is 25.3 Å². The molecule has 0 aliphatic carbocycles. The van der Waals surface area contributed by atoms with E-state index < -0.39 is 17.3 Å². The lowest BCUT2D eigenvalue weighted by Crippen LogP contribution is -2.39. The number of hydrogen-bond acceptors (Lipinski definition) is 6. The molecular formula is C26H49N3O5. The van der Waals surface area contributed by atoms with Gasteiger partial charge in [0.15, 0.2) is 0 Å². The second-order valence-electron chi connectivity index (χ2n) is 10.3. The predicted molar refractivity (Wildman–Crippen MR) is 138 cm³/mol. The van der Waals surface area contributed by atoms with Crippen molar-refractivity contribution < 1.29 is 23.8 Å². The van der Waals surface area contributed by atoms with Crippen LogP contribution in [0, 0.1) is 0 Å². The van der Waals surface area contributed by atoms with Crippen molar-refractivity contribution in [3.63, 3.8) is 0 Å². The lowest BCUT2D eigenvalue weighted by atomic mass is 10.2. The summed E-state index contributed by atoms with van der Waals surface area (Å²) in [7, 11) is 0. The summed E-state index contributed by atoms with van der Waals surface area (Å²) in [5, 5.41) is 2.72. The van der Waals surface area contributed by atoms with E-state index in [0.29, 0.717) is 32.8 Å². The second-order valence-corrected chi connectivity index (χ2v) is 10.3. The molecule has 0 aliphatic rings. The lowest BCUT2D eigenvalue weighted by Gasteiger charge is -2.28. The Kier molecular flexibility index (Phi) is 16.3. The molecule has 8 nitrogen and oxygen atoms in total. The van der Waals surface area contributed by atoms with Crippen LogP contribution in [0.1, 0.15) is 67.2 Å². The summed E-state index contributed by atoms with van der Waals surface area (Å²) in [6.07, 6.45) is 6.31.